The molecule has 1 aromatic rings. The first kappa shape index (κ1) is 10.1. The molecule has 0 heterocycles. The average molecular weight is 198 g/mol. The number of rotatable bonds is 3. The van der Waals surface area contributed by atoms with Crippen molar-refractivity contribution in [3.8, 4) is 0 Å². The van der Waals surface area contributed by atoms with Crippen molar-refractivity contribution in [3.63, 3.8) is 0 Å². The minimum absolute atomic E-state index is 0.137. The average Bonchev–Trinajstić information content (AvgIpc) is 2.07. The van der Waals surface area contributed by atoms with Crippen LogP contribution < -0.4 is 5.11 Å². The molecule has 0 bridgehead atoms. The SMILES string of the molecule is O=C([O-])Cc1ccc(F)c([N+](=O)[O-])c1. The van der Waals surface area contributed by atoms with Gasteiger partial charge in [-0.3, -0.25) is 10.1 Å². The maximum atomic E-state index is 12.8. The normalized spacial score (nSPS) is 9.79. The number of hydrogen-bond acceptors (Lipinski definition) is 4. The molecule has 0 aliphatic heterocycles. The summed E-state index contributed by atoms with van der Waals surface area (Å²) in [7, 11) is 0. The van der Waals surface area contributed by atoms with Crippen LogP contribution in [0.5, 0.6) is 0 Å². The molecule has 1 rings (SSSR count). The minimum Gasteiger partial charge on any atom is -0.550 e. The molecule has 1 aromatic carbocycles. The largest absolute Gasteiger partial charge is 0.550 e. The third-order valence-electron chi connectivity index (χ3n) is 1.56. The second kappa shape index (κ2) is 3.82. The number of hydrogen-bond donors (Lipinski definition) is 0. The zero-order valence-electron chi connectivity index (χ0n) is 6.90. The van der Waals surface area contributed by atoms with Gasteiger partial charge in [0.2, 0.25) is 5.82 Å². The van der Waals surface area contributed by atoms with Crippen LogP contribution in [0.25, 0.3) is 0 Å². The van der Waals surface area contributed by atoms with Crippen LogP contribution in [-0.4, -0.2) is 10.9 Å². The van der Waals surface area contributed by atoms with Crippen LogP contribution in [-0.2, 0) is 11.2 Å². The van der Waals surface area contributed by atoms with E-state index >= 15 is 0 Å². The van der Waals surface area contributed by atoms with E-state index in [-0.39, 0.29) is 5.56 Å². The lowest BCUT2D eigenvalue weighted by Gasteiger charge is -2.02. The highest BCUT2D eigenvalue weighted by Gasteiger charge is 2.13. The molecule has 0 aliphatic carbocycles. The summed E-state index contributed by atoms with van der Waals surface area (Å²) in [6.45, 7) is 0. The van der Waals surface area contributed by atoms with Crippen LogP contribution in [0.1, 0.15) is 5.56 Å². The molecular weight excluding hydrogens is 193 g/mol. The summed E-state index contributed by atoms with van der Waals surface area (Å²) in [5, 5.41) is 20.4. The van der Waals surface area contributed by atoms with E-state index in [1.807, 2.05) is 0 Å². The van der Waals surface area contributed by atoms with Gasteiger partial charge in [-0.15, -0.1) is 0 Å². The Morgan fingerprint density at radius 2 is 2.14 bits per heavy atom. The number of nitro benzene ring substituents is 1. The lowest BCUT2D eigenvalue weighted by atomic mass is 10.1. The number of halogens is 1. The van der Waals surface area contributed by atoms with E-state index in [9.17, 15) is 24.4 Å². The fourth-order valence-electron chi connectivity index (χ4n) is 0.975. The molecule has 6 heteroatoms. The number of benzene rings is 1. The molecule has 5 nitrogen and oxygen atoms in total. The number of carboxylic acids is 1. The summed E-state index contributed by atoms with van der Waals surface area (Å²) >= 11 is 0. The van der Waals surface area contributed by atoms with E-state index < -0.39 is 28.8 Å². The lowest BCUT2D eigenvalue weighted by molar-refractivity contribution is -0.387. The van der Waals surface area contributed by atoms with Gasteiger partial charge in [-0.05, 0) is 11.6 Å². The molecule has 0 fully saturated rings. The maximum absolute atomic E-state index is 12.8. The standard InChI is InChI=1S/C8H6FNO4/c9-6-2-1-5(4-8(11)12)3-7(6)10(13)14/h1-3H,4H2,(H,11,12)/p-1. The molecule has 0 spiro atoms. The van der Waals surface area contributed by atoms with Gasteiger partial charge in [0.1, 0.15) is 0 Å². The Kier molecular flexibility index (Phi) is 2.76. The van der Waals surface area contributed by atoms with Crippen LogP contribution in [0, 0.1) is 15.9 Å². The quantitative estimate of drug-likeness (QED) is 0.506. The summed E-state index contributed by atoms with van der Waals surface area (Å²) in [6.07, 6.45) is -0.471. The first-order chi connectivity index (χ1) is 6.50. The van der Waals surface area contributed by atoms with E-state index in [0.29, 0.717) is 0 Å². The molecular formula is C8H5FNO4-. The summed E-state index contributed by atoms with van der Waals surface area (Å²) in [6, 6.07) is 2.90. The van der Waals surface area contributed by atoms with Crippen molar-refractivity contribution >= 4 is 11.7 Å². The topological polar surface area (TPSA) is 83.3 Å². The Labute approximate surface area is 77.9 Å². The Balaban J connectivity index is 3.06. The van der Waals surface area contributed by atoms with Crippen LogP contribution in [0.2, 0.25) is 0 Å². The molecule has 0 unspecified atom stereocenters. The number of nitrogens with zero attached hydrogens (tertiary/aromatic N) is 1. The molecule has 0 saturated heterocycles. The van der Waals surface area contributed by atoms with Crippen molar-refractivity contribution in [1.29, 1.82) is 0 Å². The van der Waals surface area contributed by atoms with Gasteiger partial charge in [0, 0.05) is 18.5 Å². The van der Waals surface area contributed by atoms with E-state index in [0.717, 1.165) is 18.2 Å². The monoisotopic (exact) mass is 198 g/mol. The van der Waals surface area contributed by atoms with Crippen LogP contribution in [0.15, 0.2) is 18.2 Å². The van der Waals surface area contributed by atoms with Gasteiger partial charge in [-0.2, -0.15) is 4.39 Å². The Bertz CT molecular complexity index is 391. The van der Waals surface area contributed by atoms with Crippen molar-refractivity contribution in [1.82, 2.24) is 0 Å². The molecule has 0 N–H and O–H groups in total. The molecule has 0 radical (unpaired) electrons. The Hall–Kier alpha value is -1.98. The van der Waals surface area contributed by atoms with Crippen molar-refractivity contribution < 1.29 is 19.2 Å². The highest BCUT2D eigenvalue weighted by molar-refractivity contribution is 5.68. The third kappa shape index (κ3) is 2.25. The smallest absolute Gasteiger partial charge is 0.305 e. The number of carbonyl (C=O) groups is 1. The number of carboxylic acid groups (broad SMARTS) is 1. The van der Waals surface area contributed by atoms with Gasteiger partial charge in [0.15, 0.2) is 0 Å². The number of aliphatic carboxylic acids is 1. The molecule has 0 aliphatic rings. The highest BCUT2D eigenvalue weighted by Crippen LogP contribution is 2.18. The zero-order chi connectivity index (χ0) is 10.7. The van der Waals surface area contributed by atoms with Crippen molar-refractivity contribution in [2.24, 2.45) is 0 Å². The van der Waals surface area contributed by atoms with Gasteiger partial charge >= 0.3 is 5.69 Å². The first-order valence-corrected chi connectivity index (χ1v) is 3.63. The van der Waals surface area contributed by atoms with Gasteiger partial charge in [0.25, 0.3) is 0 Å². The number of nitro groups is 1. The lowest BCUT2D eigenvalue weighted by Crippen LogP contribution is -2.24. The predicted octanol–water partition coefficient (Wildman–Crippen LogP) is 0.0263. The van der Waals surface area contributed by atoms with Gasteiger partial charge < -0.3 is 9.90 Å². The molecule has 0 amide bonds. The van der Waals surface area contributed by atoms with Crippen molar-refractivity contribution in [2.75, 3.05) is 0 Å². The van der Waals surface area contributed by atoms with E-state index in [1.54, 1.807) is 0 Å². The van der Waals surface area contributed by atoms with Crippen LogP contribution in [0.3, 0.4) is 0 Å². The van der Waals surface area contributed by atoms with Crippen LogP contribution >= 0.6 is 0 Å². The molecule has 74 valence electrons. The zero-order valence-corrected chi connectivity index (χ0v) is 6.90. The predicted molar refractivity (Wildman–Crippen MR) is 41.8 cm³/mol. The third-order valence-corrected chi connectivity index (χ3v) is 1.56. The summed E-state index contributed by atoms with van der Waals surface area (Å²) in [4.78, 5) is 19.5. The fourth-order valence-corrected chi connectivity index (χ4v) is 0.975. The van der Waals surface area contributed by atoms with E-state index in [1.165, 1.54) is 0 Å². The van der Waals surface area contributed by atoms with E-state index in [4.69, 9.17) is 0 Å². The van der Waals surface area contributed by atoms with Gasteiger partial charge in [-0.25, -0.2) is 0 Å². The minimum atomic E-state index is -1.37. The van der Waals surface area contributed by atoms with Gasteiger partial charge in [0.05, 0.1) is 4.92 Å². The fraction of sp³-hybridized carbons (Fsp3) is 0.125. The number of carbonyl (C=O) groups excluding carboxylic acids is 1. The Morgan fingerprint density at radius 1 is 1.50 bits per heavy atom. The summed E-state index contributed by atoms with van der Waals surface area (Å²) < 4.78 is 12.8. The highest BCUT2D eigenvalue weighted by atomic mass is 19.1. The van der Waals surface area contributed by atoms with Crippen molar-refractivity contribution in [2.45, 2.75) is 6.42 Å². The van der Waals surface area contributed by atoms with Crippen LogP contribution in [0.4, 0.5) is 10.1 Å². The summed E-state index contributed by atoms with van der Waals surface area (Å²) in [5.74, 6) is -2.36. The second-order valence-corrected chi connectivity index (χ2v) is 2.59. The Morgan fingerprint density at radius 3 is 2.64 bits per heavy atom. The first-order valence-electron chi connectivity index (χ1n) is 3.63. The molecule has 14 heavy (non-hydrogen) atoms. The summed E-state index contributed by atoms with van der Waals surface area (Å²) in [5.41, 5.74) is -0.596. The maximum Gasteiger partial charge on any atom is 0.305 e. The molecule has 0 aromatic heterocycles. The molecule has 0 atom stereocenters. The van der Waals surface area contributed by atoms with Crippen molar-refractivity contribution in [3.05, 3.63) is 39.7 Å². The van der Waals surface area contributed by atoms with Gasteiger partial charge in [-0.1, -0.05) is 6.07 Å². The molecule has 0 saturated carbocycles. The second-order valence-electron chi connectivity index (χ2n) is 2.59. The van der Waals surface area contributed by atoms with E-state index in [2.05, 4.69) is 0 Å².